The molecule has 0 aliphatic heterocycles. The Morgan fingerprint density at radius 2 is 2.06 bits per heavy atom. The molecule has 0 bridgehead atoms. The lowest BCUT2D eigenvalue weighted by molar-refractivity contribution is 1.34. The molecule has 0 atom stereocenters. The summed E-state index contributed by atoms with van der Waals surface area (Å²) < 4.78 is 0. The summed E-state index contributed by atoms with van der Waals surface area (Å²) >= 11 is 0. The van der Waals surface area contributed by atoms with Gasteiger partial charge in [0.25, 0.3) is 0 Å². The summed E-state index contributed by atoms with van der Waals surface area (Å²) in [5, 5.41) is 3.37. The number of nitrogens with two attached hydrogens (primary N) is 1. The Hall–Kier alpha value is -2.62. The van der Waals surface area contributed by atoms with Crippen molar-refractivity contribution in [3.8, 4) is 0 Å². The van der Waals surface area contributed by atoms with Crippen LogP contribution in [-0.2, 0) is 0 Å². The van der Waals surface area contributed by atoms with E-state index in [1.807, 2.05) is 30.6 Å². The van der Waals surface area contributed by atoms with Gasteiger partial charge in [-0.05, 0) is 24.4 Å². The normalized spacial score (nSPS) is 12.4. The number of H-pyrrole nitrogens is 1. The number of aromatic nitrogens is 3. The summed E-state index contributed by atoms with van der Waals surface area (Å²) in [6.45, 7) is 0. The van der Waals surface area contributed by atoms with Crippen molar-refractivity contribution >= 4 is 38.8 Å². The molecule has 4 aromatic rings. The zero-order valence-electron chi connectivity index (χ0n) is 9.51. The zero-order valence-corrected chi connectivity index (χ0v) is 9.51. The second-order valence-corrected chi connectivity index (χ2v) is 4.29. The molecule has 1 aromatic carbocycles. The van der Waals surface area contributed by atoms with Crippen molar-refractivity contribution in [2.45, 2.75) is 0 Å². The van der Waals surface area contributed by atoms with Gasteiger partial charge in [-0.1, -0.05) is 6.07 Å². The van der Waals surface area contributed by atoms with Crippen LogP contribution in [0, 0.1) is 0 Å². The number of nitrogens with zero attached hydrogens (tertiary/aromatic N) is 2. The van der Waals surface area contributed by atoms with Gasteiger partial charge in [-0.25, -0.2) is 4.98 Å². The molecule has 0 saturated carbocycles. The van der Waals surface area contributed by atoms with Crippen molar-refractivity contribution in [3.05, 3.63) is 42.5 Å². The van der Waals surface area contributed by atoms with Gasteiger partial charge in [0.2, 0.25) is 0 Å². The maximum atomic E-state index is 5.49. The number of hydrogen-bond acceptors (Lipinski definition) is 3. The molecule has 4 heteroatoms. The van der Waals surface area contributed by atoms with E-state index in [1.165, 1.54) is 17.0 Å². The van der Waals surface area contributed by atoms with Crippen LogP contribution >= 0.6 is 0 Å². The van der Waals surface area contributed by atoms with Gasteiger partial charge in [-0.15, -0.1) is 0 Å². The minimum Gasteiger partial charge on any atom is -0.405 e. The zero-order chi connectivity index (χ0) is 12.1. The third kappa shape index (κ3) is 1.04. The molecular formula is C14H10N4. The molecule has 0 radical (unpaired) electrons. The first kappa shape index (κ1) is 9.41. The summed E-state index contributed by atoms with van der Waals surface area (Å²) in [5.41, 5.74) is 9.45. The average Bonchev–Trinajstić information content (AvgIpc) is 2.77. The van der Waals surface area contributed by atoms with E-state index < -0.39 is 0 Å². The monoisotopic (exact) mass is 234 g/mol. The quantitative estimate of drug-likeness (QED) is 0.497. The van der Waals surface area contributed by atoms with Crippen LogP contribution in [0.2, 0.25) is 0 Å². The van der Waals surface area contributed by atoms with Crippen molar-refractivity contribution in [2.75, 3.05) is 0 Å². The van der Waals surface area contributed by atoms with Gasteiger partial charge in [0.15, 0.2) is 0 Å². The highest BCUT2D eigenvalue weighted by Crippen LogP contribution is 2.34. The van der Waals surface area contributed by atoms with Crippen molar-refractivity contribution in [1.29, 1.82) is 0 Å². The molecular weight excluding hydrogens is 224 g/mol. The molecule has 4 rings (SSSR count). The van der Waals surface area contributed by atoms with E-state index in [9.17, 15) is 0 Å². The van der Waals surface area contributed by atoms with Gasteiger partial charge in [-0.3, -0.25) is 4.98 Å². The third-order valence-corrected chi connectivity index (χ3v) is 3.28. The van der Waals surface area contributed by atoms with Crippen LogP contribution in [0.4, 0.5) is 0 Å². The number of rotatable bonds is 1. The van der Waals surface area contributed by atoms with Crippen molar-refractivity contribution in [1.82, 2.24) is 15.0 Å². The molecule has 3 N–H and O–H groups in total. The van der Waals surface area contributed by atoms with Crippen LogP contribution in [0.3, 0.4) is 0 Å². The summed E-state index contributed by atoms with van der Waals surface area (Å²) in [4.78, 5) is 12.3. The maximum absolute atomic E-state index is 5.49. The maximum Gasteiger partial charge on any atom is 0.0746 e. The molecule has 86 valence electrons. The second-order valence-electron chi connectivity index (χ2n) is 4.29. The van der Waals surface area contributed by atoms with E-state index in [2.05, 4.69) is 21.0 Å². The summed E-state index contributed by atoms with van der Waals surface area (Å²) in [5.74, 6) is 0. The molecule has 4 nitrogen and oxygen atoms in total. The Bertz CT molecular complexity index is 888. The first-order chi connectivity index (χ1) is 8.88. The fourth-order valence-corrected chi connectivity index (χ4v) is 2.57. The molecule has 0 aliphatic carbocycles. The van der Waals surface area contributed by atoms with Crippen molar-refractivity contribution in [3.63, 3.8) is 0 Å². The number of aromatic amines is 1. The standard InChI is InChI=1S/C14H10N4/c15-5-4-9-8-6-16-7-12-13(8)14-10(17-9)2-1-3-11(14)18-12/h1-7,18H,15H2. The van der Waals surface area contributed by atoms with E-state index in [0.29, 0.717) is 0 Å². The predicted octanol–water partition coefficient (Wildman–Crippen LogP) is 2.63. The van der Waals surface area contributed by atoms with Crippen molar-refractivity contribution in [2.24, 2.45) is 5.73 Å². The number of hydrogen-bond donors (Lipinski definition) is 2. The lowest BCUT2D eigenvalue weighted by atomic mass is 10.1. The van der Waals surface area contributed by atoms with Crippen LogP contribution < -0.4 is 5.73 Å². The van der Waals surface area contributed by atoms with Crippen LogP contribution in [0.1, 0.15) is 5.69 Å². The van der Waals surface area contributed by atoms with Gasteiger partial charge in [0.1, 0.15) is 0 Å². The fraction of sp³-hybridized carbons (Fsp3) is 0. The Morgan fingerprint density at radius 1 is 1.11 bits per heavy atom. The lowest BCUT2D eigenvalue weighted by Crippen LogP contribution is -1.89. The Morgan fingerprint density at radius 3 is 2.94 bits per heavy atom. The largest absolute Gasteiger partial charge is 0.405 e. The summed E-state index contributed by atoms with van der Waals surface area (Å²) in [7, 11) is 0. The van der Waals surface area contributed by atoms with Crippen LogP contribution in [-0.4, -0.2) is 15.0 Å². The second kappa shape index (κ2) is 3.20. The number of benzene rings is 1. The van der Waals surface area contributed by atoms with E-state index >= 15 is 0 Å². The molecule has 0 saturated heterocycles. The van der Waals surface area contributed by atoms with Gasteiger partial charge < -0.3 is 10.7 Å². The molecule has 3 aromatic heterocycles. The average molecular weight is 234 g/mol. The molecule has 0 fully saturated rings. The minimum atomic E-state index is 0.857. The molecule has 18 heavy (non-hydrogen) atoms. The third-order valence-electron chi connectivity index (χ3n) is 3.28. The number of pyridine rings is 2. The molecule has 3 heterocycles. The minimum absolute atomic E-state index is 0.857. The first-order valence-electron chi connectivity index (χ1n) is 5.74. The lowest BCUT2D eigenvalue weighted by Gasteiger charge is -2.04. The van der Waals surface area contributed by atoms with Gasteiger partial charge in [0, 0.05) is 27.9 Å². The Labute approximate surface area is 102 Å². The highest BCUT2D eigenvalue weighted by molar-refractivity contribution is 6.22. The van der Waals surface area contributed by atoms with E-state index in [0.717, 1.165) is 27.6 Å². The molecule has 0 unspecified atom stereocenters. The van der Waals surface area contributed by atoms with Crippen LogP contribution in [0.15, 0.2) is 36.8 Å². The Balaban J connectivity index is 2.38. The predicted molar refractivity (Wildman–Crippen MR) is 73.3 cm³/mol. The first-order valence-corrected chi connectivity index (χ1v) is 5.74. The fourth-order valence-electron chi connectivity index (χ4n) is 2.57. The molecule has 0 amide bonds. The van der Waals surface area contributed by atoms with Gasteiger partial charge in [-0.2, -0.15) is 0 Å². The highest BCUT2D eigenvalue weighted by atomic mass is 14.8. The van der Waals surface area contributed by atoms with Gasteiger partial charge in [0.05, 0.1) is 22.9 Å². The van der Waals surface area contributed by atoms with Crippen LogP contribution in [0.25, 0.3) is 38.8 Å². The van der Waals surface area contributed by atoms with E-state index in [4.69, 9.17) is 5.73 Å². The van der Waals surface area contributed by atoms with Crippen molar-refractivity contribution < 1.29 is 0 Å². The van der Waals surface area contributed by atoms with Crippen LogP contribution in [0.5, 0.6) is 0 Å². The van der Waals surface area contributed by atoms with E-state index in [1.54, 1.807) is 0 Å². The van der Waals surface area contributed by atoms with Gasteiger partial charge >= 0.3 is 0 Å². The SMILES string of the molecule is NC=Cc1nc2cccc3[nH]c4cncc1c4c23. The van der Waals surface area contributed by atoms with E-state index in [-0.39, 0.29) is 0 Å². The molecule has 0 spiro atoms. The summed E-state index contributed by atoms with van der Waals surface area (Å²) in [6.07, 6.45) is 7.00. The topological polar surface area (TPSA) is 67.6 Å². The highest BCUT2D eigenvalue weighted by Gasteiger charge is 2.13. The summed E-state index contributed by atoms with van der Waals surface area (Å²) in [6, 6.07) is 6.07. The smallest absolute Gasteiger partial charge is 0.0746 e. The number of nitrogens with one attached hydrogen (secondary N) is 1. The Kier molecular flexibility index (Phi) is 1.67. The molecule has 0 aliphatic rings.